The number of thiol groups is 2. The quantitative estimate of drug-likeness (QED) is 0.327. The number of aryl methyl sites for hydroxylation is 1. The molecule has 1 atom stereocenters. The van der Waals surface area contributed by atoms with Crippen molar-refractivity contribution in [1.29, 1.82) is 0 Å². The molecule has 2 heterocycles. The minimum atomic E-state index is -0.127. The van der Waals surface area contributed by atoms with Gasteiger partial charge in [0.25, 0.3) is 0 Å². The van der Waals surface area contributed by atoms with E-state index < -0.39 is 0 Å². The number of pyridine rings is 1. The summed E-state index contributed by atoms with van der Waals surface area (Å²) in [5, 5.41) is 8.68. The molecule has 26 heavy (non-hydrogen) atoms. The Kier molecular flexibility index (Phi) is 9.63. The summed E-state index contributed by atoms with van der Waals surface area (Å²) >= 11 is 8.68. The molecule has 0 aliphatic heterocycles. The van der Waals surface area contributed by atoms with E-state index in [-0.39, 0.29) is 5.97 Å². The zero-order valence-corrected chi connectivity index (χ0v) is 16.7. The van der Waals surface area contributed by atoms with Crippen molar-refractivity contribution in [2.75, 3.05) is 12.4 Å². The monoisotopic (exact) mass is 392 g/mol. The van der Waals surface area contributed by atoms with Gasteiger partial charge < -0.3 is 14.9 Å². The van der Waals surface area contributed by atoms with Gasteiger partial charge in [0.1, 0.15) is 0 Å². The summed E-state index contributed by atoms with van der Waals surface area (Å²) in [4.78, 5) is 16.0. The summed E-state index contributed by atoms with van der Waals surface area (Å²) < 4.78 is 5.28. The molecule has 0 radical (unpaired) electrons. The van der Waals surface area contributed by atoms with E-state index in [1.54, 1.807) is 6.20 Å². The van der Waals surface area contributed by atoms with Crippen molar-refractivity contribution in [3.8, 4) is 11.4 Å². The van der Waals surface area contributed by atoms with Crippen molar-refractivity contribution in [3.05, 3.63) is 36.2 Å². The minimum absolute atomic E-state index is 0.127. The van der Waals surface area contributed by atoms with E-state index >= 15 is 0 Å². The summed E-state index contributed by atoms with van der Waals surface area (Å²) in [6, 6.07) is 7.63. The Labute approximate surface area is 166 Å². The van der Waals surface area contributed by atoms with Crippen LogP contribution in [0.3, 0.4) is 0 Å². The van der Waals surface area contributed by atoms with Crippen LogP contribution in [-0.4, -0.2) is 33.7 Å². The van der Waals surface area contributed by atoms with Crippen molar-refractivity contribution in [2.45, 2.75) is 50.2 Å². The average Bonchev–Trinajstić information content (AvgIpc) is 3.12. The minimum Gasteiger partial charge on any atom is -0.573 e. The van der Waals surface area contributed by atoms with Gasteiger partial charge in [0.05, 0.1) is 6.61 Å². The number of nitrogens with zero attached hydrogens (tertiary/aromatic N) is 3. The average molecular weight is 393 g/mol. The lowest BCUT2D eigenvalue weighted by molar-refractivity contribution is -0.143. The van der Waals surface area contributed by atoms with Crippen molar-refractivity contribution < 1.29 is 9.53 Å². The van der Waals surface area contributed by atoms with Gasteiger partial charge in [-0.1, -0.05) is 24.2 Å². The second-order valence-electron chi connectivity index (χ2n) is 6.17. The summed E-state index contributed by atoms with van der Waals surface area (Å²) in [5.74, 6) is 0.727. The maximum absolute atomic E-state index is 11.7. The molecule has 0 aliphatic carbocycles. The molecule has 0 N–H and O–H groups in total. The molecule has 2 rings (SSSR count). The van der Waals surface area contributed by atoms with Crippen LogP contribution in [0.25, 0.3) is 11.4 Å². The topological polar surface area (TPSA) is 66.2 Å². The van der Waals surface area contributed by atoms with Crippen LogP contribution in [0.4, 0.5) is 0 Å². The number of carbonyl (C=O) groups is 1. The number of carbonyl (C=O) groups excluding carboxylic acids is 1. The Balaban J connectivity index is 1.56. The SMILES string of the molecule is O=C(CCCCC(S)CCS)OCCCc1cc(-c2ccccn2)[n-]n1. The van der Waals surface area contributed by atoms with E-state index in [0.29, 0.717) is 18.3 Å². The van der Waals surface area contributed by atoms with Crippen LogP contribution < -0.4 is 5.10 Å². The van der Waals surface area contributed by atoms with Gasteiger partial charge in [-0.2, -0.15) is 25.3 Å². The normalized spacial score (nSPS) is 12.1. The fraction of sp³-hybridized carbons (Fsp3) is 0.526. The second-order valence-corrected chi connectivity index (χ2v) is 7.35. The highest BCUT2D eigenvalue weighted by Gasteiger charge is 2.05. The number of hydrogen-bond acceptors (Lipinski definition) is 6. The van der Waals surface area contributed by atoms with Crippen LogP contribution >= 0.6 is 25.3 Å². The molecular formula is C19H26N3O2S2-. The highest BCUT2D eigenvalue weighted by molar-refractivity contribution is 7.81. The van der Waals surface area contributed by atoms with Crippen LogP contribution in [0.5, 0.6) is 0 Å². The largest absolute Gasteiger partial charge is 0.573 e. The number of unbranched alkanes of at least 4 members (excludes halogenated alkanes) is 1. The molecule has 0 aliphatic rings. The van der Waals surface area contributed by atoms with Gasteiger partial charge in [-0.3, -0.25) is 9.78 Å². The third-order valence-electron chi connectivity index (χ3n) is 3.99. The predicted molar refractivity (Wildman–Crippen MR) is 110 cm³/mol. The molecule has 0 amide bonds. The molecule has 0 saturated heterocycles. The zero-order valence-electron chi connectivity index (χ0n) is 14.9. The first-order valence-corrected chi connectivity index (χ1v) is 10.2. The van der Waals surface area contributed by atoms with E-state index in [0.717, 1.165) is 61.4 Å². The number of esters is 1. The Morgan fingerprint density at radius 2 is 2.12 bits per heavy atom. The first-order chi connectivity index (χ1) is 12.7. The van der Waals surface area contributed by atoms with Crippen LogP contribution in [0.15, 0.2) is 30.5 Å². The van der Waals surface area contributed by atoms with Crippen molar-refractivity contribution >= 4 is 31.2 Å². The van der Waals surface area contributed by atoms with Crippen molar-refractivity contribution in [1.82, 2.24) is 15.2 Å². The lowest BCUT2D eigenvalue weighted by Crippen LogP contribution is -2.07. The maximum Gasteiger partial charge on any atom is 0.305 e. The maximum atomic E-state index is 11.7. The van der Waals surface area contributed by atoms with E-state index in [4.69, 9.17) is 4.74 Å². The summed E-state index contributed by atoms with van der Waals surface area (Å²) in [7, 11) is 0. The Bertz CT molecular complexity index is 649. The van der Waals surface area contributed by atoms with Gasteiger partial charge in [0, 0.05) is 29.3 Å². The second kappa shape index (κ2) is 12.0. The summed E-state index contributed by atoms with van der Waals surface area (Å²) in [6.45, 7) is 0.416. The van der Waals surface area contributed by atoms with Crippen LogP contribution in [0, 0.1) is 0 Å². The molecule has 0 spiro atoms. The zero-order chi connectivity index (χ0) is 18.6. The fourth-order valence-corrected chi connectivity index (χ4v) is 3.38. The van der Waals surface area contributed by atoms with Crippen LogP contribution in [0.1, 0.15) is 44.2 Å². The van der Waals surface area contributed by atoms with E-state index in [2.05, 4.69) is 40.4 Å². The first-order valence-electron chi connectivity index (χ1n) is 9.04. The molecule has 0 aromatic carbocycles. The first kappa shape index (κ1) is 20.8. The predicted octanol–water partition coefficient (Wildman–Crippen LogP) is 3.76. The van der Waals surface area contributed by atoms with Gasteiger partial charge in [0.15, 0.2) is 0 Å². The highest BCUT2D eigenvalue weighted by atomic mass is 32.1. The lowest BCUT2D eigenvalue weighted by atomic mass is 10.1. The molecule has 0 saturated carbocycles. The molecule has 7 heteroatoms. The lowest BCUT2D eigenvalue weighted by Gasteiger charge is -2.08. The Hall–Kier alpha value is -1.47. The molecule has 1 unspecified atom stereocenters. The molecule has 0 bridgehead atoms. The third kappa shape index (κ3) is 7.83. The van der Waals surface area contributed by atoms with Crippen LogP contribution in [0.2, 0.25) is 0 Å². The van der Waals surface area contributed by atoms with Crippen molar-refractivity contribution in [2.24, 2.45) is 0 Å². The van der Waals surface area contributed by atoms with Gasteiger partial charge in [0.2, 0.25) is 0 Å². The van der Waals surface area contributed by atoms with Crippen molar-refractivity contribution in [3.63, 3.8) is 0 Å². The van der Waals surface area contributed by atoms with E-state index in [1.165, 1.54) is 0 Å². The number of aromatic nitrogens is 3. The van der Waals surface area contributed by atoms with E-state index in [1.807, 2.05) is 24.3 Å². The van der Waals surface area contributed by atoms with E-state index in [9.17, 15) is 4.79 Å². The van der Waals surface area contributed by atoms with Gasteiger partial charge in [-0.05, 0) is 50.0 Å². The summed E-state index contributed by atoms with van der Waals surface area (Å²) in [5.41, 5.74) is 2.49. The molecule has 142 valence electrons. The van der Waals surface area contributed by atoms with Gasteiger partial charge >= 0.3 is 5.97 Å². The fourth-order valence-electron chi connectivity index (χ4n) is 2.55. The third-order valence-corrected chi connectivity index (χ3v) is 4.76. The van der Waals surface area contributed by atoms with Gasteiger partial charge in [-0.15, -0.1) is 0 Å². The molecule has 5 nitrogen and oxygen atoms in total. The molecule has 0 fully saturated rings. The Morgan fingerprint density at radius 3 is 2.88 bits per heavy atom. The van der Waals surface area contributed by atoms with Gasteiger partial charge in [-0.25, -0.2) is 0 Å². The van der Waals surface area contributed by atoms with Crippen LogP contribution in [-0.2, 0) is 16.0 Å². The molecular weight excluding hydrogens is 366 g/mol. The summed E-state index contributed by atoms with van der Waals surface area (Å²) in [6.07, 6.45) is 7.56. The smallest absolute Gasteiger partial charge is 0.305 e. The number of hydrogen-bond donors (Lipinski definition) is 2. The molecule has 2 aromatic rings. The molecule has 2 aromatic heterocycles. The standard InChI is InChI=1S/C19H26N3O2S2/c23-19(9-2-1-7-16(26)10-13-25)24-12-5-6-15-14-18(22-21-15)17-8-3-4-11-20-17/h3-4,8,11,14,16H,1-2,5-7,9-10,12-13H2,(H2-,20,21,22,25,26)/q-1. The number of ether oxygens (including phenoxy) is 1. The Morgan fingerprint density at radius 1 is 1.23 bits per heavy atom. The number of rotatable bonds is 12. The highest BCUT2D eigenvalue weighted by Crippen LogP contribution is 2.15.